The van der Waals surface area contributed by atoms with Crippen molar-refractivity contribution in [2.45, 2.75) is 18.3 Å². The molecule has 9 heteroatoms. The first-order valence-electron chi connectivity index (χ1n) is 7.72. The Morgan fingerprint density at radius 1 is 1.15 bits per heavy atom. The van der Waals surface area contributed by atoms with Crippen LogP contribution in [0.3, 0.4) is 0 Å². The van der Waals surface area contributed by atoms with E-state index in [4.69, 9.17) is 27.7 Å². The van der Waals surface area contributed by atoms with E-state index in [1.54, 1.807) is 0 Å². The highest BCUT2D eigenvalue weighted by Gasteiger charge is 2.63. The Morgan fingerprint density at radius 3 is 2.15 bits per heavy atom. The molecule has 0 bridgehead atoms. The molecule has 0 aliphatic rings. The average molecular weight is 400 g/mol. The molecule has 27 heavy (non-hydrogen) atoms. The maximum absolute atomic E-state index is 13.9. The number of carbonyl (C=O) groups is 1. The Hall–Kier alpha value is -2.58. The van der Waals surface area contributed by atoms with Crippen molar-refractivity contribution < 1.29 is 22.7 Å². The van der Waals surface area contributed by atoms with Crippen LogP contribution in [0.25, 0.3) is 0 Å². The molecule has 0 aromatic heterocycles. The van der Waals surface area contributed by atoms with E-state index in [9.17, 15) is 18.0 Å². The fourth-order valence-electron chi connectivity index (χ4n) is 2.59. The summed E-state index contributed by atoms with van der Waals surface area (Å²) in [5, 5.41) is 7.33. The molecule has 0 saturated heterocycles. The Bertz CT molecular complexity index is 813. The van der Waals surface area contributed by atoms with Gasteiger partial charge in [0, 0.05) is 30.0 Å². The van der Waals surface area contributed by atoms with Crippen LogP contribution in [0.4, 0.5) is 13.2 Å². The largest absolute Gasteiger partial charge is 0.431 e. The Labute approximate surface area is 159 Å². The van der Waals surface area contributed by atoms with E-state index in [0.29, 0.717) is 15.5 Å². The van der Waals surface area contributed by atoms with Crippen LogP contribution in [0.5, 0.6) is 0 Å². The lowest BCUT2D eigenvalue weighted by Gasteiger charge is -2.35. The average Bonchev–Trinajstić information content (AvgIpc) is 2.62. The van der Waals surface area contributed by atoms with E-state index in [1.807, 2.05) is 0 Å². The van der Waals surface area contributed by atoms with Gasteiger partial charge >= 0.3 is 6.18 Å². The van der Waals surface area contributed by atoms with Crippen LogP contribution in [0.1, 0.15) is 16.7 Å². The molecule has 0 saturated carbocycles. The number of methoxy groups -OCH3 is 1. The number of halogens is 4. The molecule has 0 radical (unpaired) electrons. The molecular formula is C18H17ClF3N3O2. The number of nitrogens with one attached hydrogen (secondary N) is 1. The lowest BCUT2D eigenvalue weighted by Crippen LogP contribution is -2.54. The van der Waals surface area contributed by atoms with Crippen molar-refractivity contribution in [3.05, 3.63) is 71.3 Å². The molecule has 5 nitrogen and oxygen atoms in total. The molecule has 144 valence electrons. The number of amides is 1. The van der Waals surface area contributed by atoms with Crippen molar-refractivity contribution in [2.24, 2.45) is 5.73 Å². The van der Waals surface area contributed by atoms with Gasteiger partial charge in [-0.15, -0.1) is 0 Å². The summed E-state index contributed by atoms with van der Waals surface area (Å²) in [7, 11) is 0.810. The molecular weight excluding hydrogens is 383 g/mol. The molecule has 1 atom stereocenters. The van der Waals surface area contributed by atoms with Gasteiger partial charge in [-0.05, 0) is 5.56 Å². The molecule has 2 aromatic rings. The number of hydrogen-bond donors (Lipinski definition) is 2. The van der Waals surface area contributed by atoms with Crippen molar-refractivity contribution in [3.8, 4) is 0 Å². The van der Waals surface area contributed by atoms with Gasteiger partial charge in [0.2, 0.25) is 0 Å². The number of benzene rings is 2. The molecule has 0 spiro atoms. The standard InChI is InChI=1S/C18H17ClF3N3O2/c1-27-17(18(20,21)22,14-5-3-2-4-6-14)16(26)25(19)11-12-7-9-13(10-8-12)15(23)24/h2-10H,11H2,1H3,(H3,23,24). The minimum absolute atomic E-state index is 0.153. The van der Waals surface area contributed by atoms with E-state index in [1.165, 1.54) is 42.5 Å². The summed E-state index contributed by atoms with van der Waals surface area (Å²) in [6.07, 6.45) is -5.04. The summed E-state index contributed by atoms with van der Waals surface area (Å²) in [4.78, 5) is 12.7. The molecule has 2 aromatic carbocycles. The van der Waals surface area contributed by atoms with Crippen LogP contribution >= 0.6 is 11.8 Å². The second-order valence-corrected chi connectivity index (χ2v) is 6.09. The van der Waals surface area contributed by atoms with E-state index >= 15 is 0 Å². The summed E-state index contributed by atoms with van der Waals surface area (Å²) < 4.78 is 46.8. The maximum Gasteiger partial charge on any atom is 0.431 e. The number of hydrogen-bond acceptors (Lipinski definition) is 3. The van der Waals surface area contributed by atoms with Crippen LogP contribution in [0.15, 0.2) is 54.6 Å². The number of nitrogens with zero attached hydrogens (tertiary/aromatic N) is 1. The highest BCUT2D eigenvalue weighted by atomic mass is 35.5. The molecule has 2 rings (SSSR count). The van der Waals surface area contributed by atoms with Gasteiger partial charge in [0.05, 0.1) is 6.54 Å². The van der Waals surface area contributed by atoms with E-state index in [0.717, 1.165) is 19.2 Å². The molecule has 1 unspecified atom stereocenters. The Balaban J connectivity index is 2.36. The summed E-state index contributed by atoms with van der Waals surface area (Å²) in [5.74, 6) is -1.61. The summed E-state index contributed by atoms with van der Waals surface area (Å²) in [6.45, 7) is -0.299. The van der Waals surface area contributed by atoms with Gasteiger partial charge < -0.3 is 10.5 Å². The molecule has 0 aliphatic carbocycles. The number of amidine groups is 1. The number of carbonyl (C=O) groups excluding carboxylic acids is 1. The highest BCUT2D eigenvalue weighted by molar-refractivity contribution is 6.22. The zero-order chi connectivity index (χ0) is 20.2. The first-order valence-corrected chi connectivity index (χ1v) is 8.05. The van der Waals surface area contributed by atoms with Gasteiger partial charge in [-0.25, -0.2) is 4.42 Å². The Kier molecular flexibility index (Phi) is 6.12. The normalized spacial score (nSPS) is 13.7. The molecule has 0 fully saturated rings. The Morgan fingerprint density at radius 2 is 1.70 bits per heavy atom. The van der Waals surface area contributed by atoms with Gasteiger partial charge in [0.25, 0.3) is 11.5 Å². The van der Waals surface area contributed by atoms with Crippen LogP contribution in [0, 0.1) is 5.41 Å². The molecule has 0 heterocycles. The van der Waals surface area contributed by atoms with Gasteiger partial charge in [-0.3, -0.25) is 10.2 Å². The van der Waals surface area contributed by atoms with Crippen LogP contribution < -0.4 is 5.73 Å². The SMILES string of the molecule is COC(C(=O)N(Cl)Cc1ccc(C(=N)N)cc1)(c1ccccc1)C(F)(F)F. The van der Waals surface area contributed by atoms with Crippen LogP contribution in [-0.4, -0.2) is 29.4 Å². The van der Waals surface area contributed by atoms with Crippen LogP contribution in [-0.2, 0) is 21.7 Å². The second-order valence-electron chi connectivity index (χ2n) is 5.69. The van der Waals surface area contributed by atoms with Crippen LogP contribution in [0.2, 0.25) is 0 Å². The maximum atomic E-state index is 13.9. The predicted octanol–water partition coefficient (Wildman–Crippen LogP) is 3.56. The summed E-state index contributed by atoms with van der Waals surface area (Å²) in [6, 6.07) is 12.6. The number of rotatable bonds is 6. The second kappa shape index (κ2) is 7.98. The number of ether oxygens (including phenoxy) is 1. The minimum Gasteiger partial charge on any atom is -0.384 e. The van der Waals surface area contributed by atoms with Crippen molar-refractivity contribution in [1.82, 2.24) is 4.42 Å². The third-order valence-electron chi connectivity index (χ3n) is 3.99. The van der Waals surface area contributed by atoms with Crippen molar-refractivity contribution in [1.29, 1.82) is 5.41 Å². The topological polar surface area (TPSA) is 79.4 Å². The third-order valence-corrected chi connectivity index (χ3v) is 4.27. The van der Waals surface area contributed by atoms with E-state index < -0.39 is 17.7 Å². The fraction of sp³-hybridized carbons (Fsp3) is 0.222. The van der Waals surface area contributed by atoms with Crippen molar-refractivity contribution in [2.75, 3.05) is 7.11 Å². The fourth-order valence-corrected chi connectivity index (χ4v) is 2.85. The lowest BCUT2D eigenvalue weighted by molar-refractivity contribution is -0.268. The molecule has 3 N–H and O–H groups in total. The van der Waals surface area contributed by atoms with Gasteiger partial charge in [-0.2, -0.15) is 13.2 Å². The molecule has 1 amide bonds. The monoisotopic (exact) mass is 399 g/mol. The third kappa shape index (κ3) is 4.06. The number of nitrogens with two attached hydrogens (primary N) is 1. The summed E-state index contributed by atoms with van der Waals surface area (Å²) >= 11 is 5.92. The van der Waals surface area contributed by atoms with Gasteiger partial charge in [-0.1, -0.05) is 54.6 Å². The summed E-state index contributed by atoms with van der Waals surface area (Å²) in [5.41, 5.74) is 2.66. The zero-order valence-corrected chi connectivity index (χ0v) is 15.0. The number of nitrogen functional groups attached to an aromatic ring is 1. The zero-order valence-electron chi connectivity index (χ0n) is 14.3. The first kappa shape index (κ1) is 20.7. The van der Waals surface area contributed by atoms with E-state index in [2.05, 4.69) is 0 Å². The highest BCUT2D eigenvalue weighted by Crippen LogP contribution is 2.43. The smallest absolute Gasteiger partial charge is 0.384 e. The lowest BCUT2D eigenvalue weighted by atomic mass is 9.91. The first-order chi connectivity index (χ1) is 12.6. The molecule has 0 aliphatic heterocycles. The number of alkyl halides is 3. The minimum atomic E-state index is -5.04. The quantitative estimate of drug-likeness (QED) is 0.443. The van der Waals surface area contributed by atoms with Crippen molar-refractivity contribution >= 4 is 23.5 Å². The predicted molar refractivity (Wildman–Crippen MR) is 95.0 cm³/mol. The van der Waals surface area contributed by atoms with Gasteiger partial charge in [0.1, 0.15) is 5.84 Å². The van der Waals surface area contributed by atoms with Crippen molar-refractivity contribution in [3.63, 3.8) is 0 Å². The van der Waals surface area contributed by atoms with Gasteiger partial charge in [0.15, 0.2) is 0 Å². The van der Waals surface area contributed by atoms with E-state index in [-0.39, 0.29) is 17.9 Å².